The third-order valence-corrected chi connectivity index (χ3v) is 4.79. The number of nitrogens with zero attached hydrogens (tertiary/aromatic N) is 2. The molecule has 2 aromatic carbocycles. The molecule has 1 saturated heterocycles. The molecule has 1 N–H and O–H groups in total. The van der Waals surface area contributed by atoms with Gasteiger partial charge in [-0.1, -0.05) is 30.3 Å². The summed E-state index contributed by atoms with van der Waals surface area (Å²) in [6, 6.07) is 14.6. The first kappa shape index (κ1) is 19.6. The van der Waals surface area contributed by atoms with E-state index in [1.807, 2.05) is 36.4 Å². The first-order valence-corrected chi connectivity index (χ1v) is 9.27. The van der Waals surface area contributed by atoms with Crippen molar-refractivity contribution in [1.29, 1.82) is 0 Å². The molecule has 146 valence electrons. The SMILES string of the molecule is COc1ccccc1COCC(O)CN1CCN(c2ccccc2F)CC1. The zero-order valence-corrected chi connectivity index (χ0v) is 15.7. The Morgan fingerprint density at radius 1 is 1.04 bits per heavy atom. The van der Waals surface area contributed by atoms with Gasteiger partial charge in [0.1, 0.15) is 11.6 Å². The first-order valence-electron chi connectivity index (χ1n) is 9.27. The fraction of sp³-hybridized carbons (Fsp3) is 0.429. The summed E-state index contributed by atoms with van der Waals surface area (Å²) in [7, 11) is 1.63. The summed E-state index contributed by atoms with van der Waals surface area (Å²) < 4.78 is 24.8. The van der Waals surface area contributed by atoms with Gasteiger partial charge in [0.25, 0.3) is 0 Å². The van der Waals surface area contributed by atoms with Crippen LogP contribution in [0.5, 0.6) is 5.75 Å². The number of halogens is 1. The fourth-order valence-corrected chi connectivity index (χ4v) is 3.36. The van der Waals surface area contributed by atoms with Gasteiger partial charge in [-0.05, 0) is 18.2 Å². The van der Waals surface area contributed by atoms with E-state index in [1.54, 1.807) is 13.2 Å². The molecule has 3 rings (SSSR count). The number of benzene rings is 2. The Labute approximate surface area is 159 Å². The van der Waals surface area contributed by atoms with Crippen LogP contribution in [0.3, 0.4) is 0 Å². The van der Waals surface area contributed by atoms with Crippen molar-refractivity contribution in [1.82, 2.24) is 4.90 Å². The van der Waals surface area contributed by atoms with E-state index in [1.165, 1.54) is 6.07 Å². The second kappa shape index (κ2) is 9.69. The van der Waals surface area contributed by atoms with Crippen LogP contribution in [-0.4, -0.2) is 62.6 Å². The van der Waals surface area contributed by atoms with Crippen LogP contribution in [0.1, 0.15) is 5.56 Å². The average molecular weight is 374 g/mol. The molecule has 1 unspecified atom stereocenters. The summed E-state index contributed by atoms with van der Waals surface area (Å²) in [5.74, 6) is 0.604. The van der Waals surface area contributed by atoms with Crippen molar-refractivity contribution in [2.45, 2.75) is 12.7 Å². The number of para-hydroxylation sites is 2. The maximum Gasteiger partial charge on any atom is 0.146 e. The summed E-state index contributed by atoms with van der Waals surface area (Å²) in [6.45, 7) is 4.30. The van der Waals surface area contributed by atoms with Crippen LogP contribution >= 0.6 is 0 Å². The van der Waals surface area contributed by atoms with Gasteiger partial charge in [-0.3, -0.25) is 4.90 Å². The summed E-state index contributed by atoms with van der Waals surface area (Å²) >= 11 is 0. The Bertz CT molecular complexity index is 720. The number of anilines is 1. The zero-order chi connectivity index (χ0) is 19.1. The Morgan fingerprint density at radius 2 is 1.74 bits per heavy atom. The van der Waals surface area contributed by atoms with E-state index in [0.717, 1.165) is 37.5 Å². The molecule has 5 nitrogen and oxygen atoms in total. The Hall–Kier alpha value is -2.15. The highest BCUT2D eigenvalue weighted by Gasteiger charge is 2.21. The van der Waals surface area contributed by atoms with E-state index in [4.69, 9.17) is 9.47 Å². The number of piperazine rings is 1. The molecule has 1 atom stereocenters. The molecule has 1 aliphatic rings. The molecular formula is C21H27FN2O3. The Balaban J connectivity index is 1.39. The lowest BCUT2D eigenvalue weighted by Crippen LogP contribution is -2.49. The topological polar surface area (TPSA) is 45.2 Å². The van der Waals surface area contributed by atoms with Crippen LogP contribution in [0.15, 0.2) is 48.5 Å². The quantitative estimate of drug-likeness (QED) is 0.769. The van der Waals surface area contributed by atoms with Crippen LogP contribution in [0, 0.1) is 5.82 Å². The molecule has 1 fully saturated rings. The third kappa shape index (κ3) is 5.42. The van der Waals surface area contributed by atoms with Crippen molar-refractivity contribution < 1.29 is 19.0 Å². The third-order valence-electron chi connectivity index (χ3n) is 4.79. The van der Waals surface area contributed by atoms with E-state index in [-0.39, 0.29) is 12.4 Å². The van der Waals surface area contributed by atoms with Crippen molar-refractivity contribution in [2.75, 3.05) is 51.3 Å². The largest absolute Gasteiger partial charge is 0.496 e. The van der Waals surface area contributed by atoms with Gasteiger partial charge in [-0.2, -0.15) is 0 Å². The predicted octanol–water partition coefficient (Wildman–Crippen LogP) is 2.53. The van der Waals surface area contributed by atoms with Crippen molar-refractivity contribution in [3.8, 4) is 5.75 Å². The summed E-state index contributed by atoms with van der Waals surface area (Å²) in [4.78, 5) is 4.24. The minimum absolute atomic E-state index is 0.185. The minimum atomic E-state index is -0.556. The molecular weight excluding hydrogens is 347 g/mol. The maximum atomic E-state index is 13.9. The monoisotopic (exact) mass is 374 g/mol. The average Bonchev–Trinajstić information content (AvgIpc) is 2.69. The summed E-state index contributed by atoms with van der Waals surface area (Å²) in [5, 5.41) is 10.3. The van der Waals surface area contributed by atoms with Crippen LogP contribution in [0.25, 0.3) is 0 Å². The Morgan fingerprint density at radius 3 is 2.48 bits per heavy atom. The number of aliphatic hydroxyl groups is 1. The highest BCUT2D eigenvalue weighted by atomic mass is 19.1. The first-order chi connectivity index (χ1) is 13.2. The van der Waals surface area contributed by atoms with E-state index >= 15 is 0 Å². The number of ether oxygens (including phenoxy) is 2. The van der Waals surface area contributed by atoms with Crippen LogP contribution < -0.4 is 9.64 Å². The van der Waals surface area contributed by atoms with Gasteiger partial charge in [-0.15, -0.1) is 0 Å². The number of rotatable bonds is 8. The maximum absolute atomic E-state index is 13.9. The van der Waals surface area contributed by atoms with E-state index in [2.05, 4.69) is 9.80 Å². The summed E-state index contributed by atoms with van der Waals surface area (Å²) in [6.07, 6.45) is -0.556. The van der Waals surface area contributed by atoms with Gasteiger partial charge in [0.2, 0.25) is 0 Å². The molecule has 6 heteroatoms. The van der Waals surface area contributed by atoms with Crippen molar-refractivity contribution in [3.63, 3.8) is 0 Å². The number of hydrogen-bond acceptors (Lipinski definition) is 5. The van der Waals surface area contributed by atoms with Gasteiger partial charge in [0, 0.05) is 38.3 Å². The van der Waals surface area contributed by atoms with Gasteiger partial charge in [0.15, 0.2) is 0 Å². The van der Waals surface area contributed by atoms with E-state index in [0.29, 0.717) is 18.8 Å². The second-order valence-electron chi connectivity index (χ2n) is 6.72. The highest BCUT2D eigenvalue weighted by Crippen LogP contribution is 2.20. The van der Waals surface area contributed by atoms with Crippen molar-refractivity contribution in [2.24, 2.45) is 0 Å². The van der Waals surface area contributed by atoms with Crippen molar-refractivity contribution >= 4 is 5.69 Å². The lowest BCUT2D eigenvalue weighted by atomic mass is 10.2. The molecule has 0 spiro atoms. The number of aliphatic hydroxyl groups excluding tert-OH is 1. The lowest BCUT2D eigenvalue weighted by Gasteiger charge is -2.37. The fourth-order valence-electron chi connectivity index (χ4n) is 3.36. The molecule has 0 radical (unpaired) electrons. The molecule has 1 aliphatic heterocycles. The lowest BCUT2D eigenvalue weighted by molar-refractivity contribution is 0.00864. The van der Waals surface area contributed by atoms with E-state index < -0.39 is 6.10 Å². The number of hydrogen-bond donors (Lipinski definition) is 1. The van der Waals surface area contributed by atoms with Gasteiger partial charge >= 0.3 is 0 Å². The Kier molecular flexibility index (Phi) is 7.04. The van der Waals surface area contributed by atoms with Crippen LogP contribution in [0.4, 0.5) is 10.1 Å². The summed E-state index contributed by atoms with van der Waals surface area (Å²) in [5.41, 5.74) is 1.61. The number of β-amino-alcohol motifs (C(OH)–C–C–N with tert-alkyl or cyclic N) is 1. The molecule has 27 heavy (non-hydrogen) atoms. The smallest absolute Gasteiger partial charge is 0.146 e. The van der Waals surface area contributed by atoms with Crippen LogP contribution in [0.2, 0.25) is 0 Å². The van der Waals surface area contributed by atoms with Crippen LogP contribution in [-0.2, 0) is 11.3 Å². The normalized spacial score (nSPS) is 16.3. The molecule has 0 saturated carbocycles. The van der Waals surface area contributed by atoms with E-state index in [9.17, 15) is 9.50 Å². The number of methoxy groups -OCH3 is 1. The molecule has 0 amide bonds. The predicted molar refractivity (Wildman–Crippen MR) is 104 cm³/mol. The molecule has 0 bridgehead atoms. The molecule has 2 aromatic rings. The highest BCUT2D eigenvalue weighted by molar-refractivity contribution is 5.48. The minimum Gasteiger partial charge on any atom is -0.496 e. The van der Waals surface area contributed by atoms with Gasteiger partial charge in [0.05, 0.1) is 32.1 Å². The zero-order valence-electron chi connectivity index (χ0n) is 15.7. The molecule has 1 heterocycles. The molecule has 0 aliphatic carbocycles. The standard InChI is InChI=1S/C21H27FN2O3/c1-26-21-9-5-2-6-17(21)15-27-16-18(25)14-23-10-12-24(13-11-23)20-8-4-3-7-19(20)22/h2-9,18,25H,10-16H2,1H3. The van der Waals surface area contributed by atoms with Crippen molar-refractivity contribution in [3.05, 3.63) is 59.9 Å². The van der Waals surface area contributed by atoms with Gasteiger partial charge < -0.3 is 19.5 Å². The molecule has 0 aromatic heterocycles. The second-order valence-corrected chi connectivity index (χ2v) is 6.72. The van der Waals surface area contributed by atoms with Gasteiger partial charge in [-0.25, -0.2) is 4.39 Å².